The third-order valence-corrected chi connectivity index (χ3v) is 4.89. The van der Waals surface area contributed by atoms with Crippen LogP contribution in [0.1, 0.15) is 24.9 Å². The molecule has 2 atom stereocenters. The van der Waals surface area contributed by atoms with Crippen LogP contribution in [-0.4, -0.2) is 18.4 Å². The van der Waals surface area contributed by atoms with Crippen LogP contribution in [0.25, 0.3) is 0 Å². The maximum atomic E-state index is 13.0. The molecule has 1 aliphatic rings. The van der Waals surface area contributed by atoms with Crippen molar-refractivity contribution in [3.8, 4) is 0 Å². The summed E-state index contributed by atoms with van der Waals surface area (Å²) in [6, 6.07) is 13.2. The van der Waals surface area contributed by atoms with Crippen molar-refractivity contribution >= 4 is 33.4 Å². The number of halogens is 2. The third kappa shape index (κ3) is 4.07. The molecule has 6 heteroatoms. The highest BCUT2D eigenvalue weighted by Crippen LogP contribution is 2.27. The van der Waals surface area contributed by atoms with Gasteiger partial charge in [0.05, 0.1) is 12.0 Å². The minimum Gasteiger partial charge on any atom is -0.349 e. The van der Waals surface area contributed by atoms with Gasteiger partial charge in [-0.1, -0.05) is 28.1 Å². The van der Waals surface area contributed by atoms with Gasteiger partial charge in [0.25, 0.3) is 0 Å². The van der Waals surface area contributed by atoms with Crippen LogP contribution in [0.5, 0.6) is 0 Å². The van der Waals surface area contributed by atoms with Crippen molar-refractivity contribution in [2.24, 2.45) is 5.92 Å². The highest BCUT2D eigenvalue weighted by atomic mass is 79.9. The van der Waals surface area contributed by atoms with E-state index < -0.39 is 0 Å². The van der Waals surface area contributed by atoms with Gasteiger partial charge >= 0.3 is 0 Å². The first-order chi connectivity index (χ1) is 11.9. The van der Waals surface area contributed by atoms with Crippen molar-refractivity contribution in [3.05, 3.63) is 64.4 Å². The predicted molar refractivity (Wildman–Crippen MR) is 97.6 cm³/mol. The average Bonchev–Trinajstić information content (AvgIpc) is 2.98. The summed E-state index contributed by atoms with van der Waals surface area (Å²) < 4.78 is 13.9. The second kappa shape index (κ2) is 7.35. The minimum absolute atomic E-state index is 0.0584. The average molecular weight is 405 g/mol. The Kier molecular flexibility index (Phi) is 5.18. The molecule has 0 radical (unpaired) electrons. The van der Waals surface area contributed by atoms with E-state index in [2.05, 4.69) is 21.2 Å². The molecular weight excluding hydrogens is 387 g/mol. The Morgan fingerprint density at radius 2 is 1.84 bits per heavy atom. The van der Waals surface area contributed by atoms with E-state index in [9.17, 15) is 14.0 Å². The van der Waals surface area contributed by atoms with Gasteiger partial charge in [-0.25, -0.2) is 4.39 Å². The Balaban J connectivity index is 1.64. The minimum atomic E-state index is -0.390. The molecule has 1 N–H and O–H groups in total. The first-order valence-electron chi connectivity index (χ1n) is 8.06. The van der Waals surface area contributed by atoms with Crippen LogP contribution in [0.15, 0.2) is 53.0 Å². The molecule has 0 aromatic heterocycles. The van der Waals surface area contributed by atoms with Gasteiger partial charge in [0, 0.05) is 23.1 Å². The Morgan fingerprint density at radius 1 is 1.20 bits per heavy atom. The van der Waals surface area contributed by atoms with Crippen LogP contribution in [0.2, 0.25) is 0 Å². The molecule has 1 fully saturated rings. The SMILES string of the molecule is CC(NC(=O)C1CC(=O)N(c2ccc(Br)cc2)C1)c1ccc(F)cc1. The van der Waals surface area contributed by atoms with E-state index in [4.69, 9.17) is 0 Å². The summed E-state index contributed by atoms with van der Waals surface area (Å²) in [6.07, 6.45) is 0.192. The smallest absolute Gasteiger partial charge is 0.227 e. The number of hydrogen-bond acceptors (Lipinski definition) is 2. The van der Waals surface area contributed by atoms with Gasteiger partial charge in [0.2, 0.25) is 11.8 Å². The van der Waals surface area contributed by atoms with Crippen molar-refractivity contribution in [1.29, 1.82) is 0 Å². The second-order valence-corrected chi connectivity index (χ2v) is 7.08. The Morgan fingerprint density at radius 3 is 2.48 bits per heavy atom. The third-order valence-electron chi connectivity index (χ3n) is 4.36. The normalized spacial score (nSPS) is 18.3. The Labute approximate surface area is 154 Å². The Hall–Kier alpha value is -2.21. The van der Waals surface area contributed by atoms with E-state index in [-0.39, 0.29) is 36.0 Å². The molecule has 0 aliphatic carbocycles. The maximum absolute atomic E-state index is 13.0. The number of carbonyl (C=O) groups is 2. The van der Waals surface area contributed by atoms with Crippen LogP contribution in [-0.2, 0) is 9.59 Å². The number of benzene rings is 2. The molecule has 3 rings (SSSR count). The predicted octanol–water partition coefficient (Wildman–Crippen LogP) is 3.82. The van der Waals surface area contributed by atoms with Crippen molar-refractivity contribution < 1.29 is 14.0 Å². The van der Waals surface area contributed by atoms with Gasteiger partial charge in [-0.15, -0.1) is 0 Å². The van der Waals surface area contributed by atoms with Crippen molar-refractivity contribution in [1.82, 2.24) is 5.32 Å². The number of nitrogens with one attached hydrogen (secondary N) is 1. The quantitative estimate of drug-likeness (QED) is 0.841. The molecule has 2 aromatic carbocycles. The van der Waals surface area contributed by atoms with Crippen LogP contribution in [0.3, 0.4) is 0 Å². The van der Waals surface area contributed by atoms with Crippen LogP contribution in [0, 0.1) is 11.7 Å². The van der Waals surface area contributed by atoms with E-state index in [1.54, 1.807) is 17.0 Å². The summed E-state index contributed by atoms with van der Waals surface area (Å²) in [5.41, 5.74) is 1.61. The molecule has 2 unspecified atom stereocenters. The summed E-state index contributed by atoms with van der Waals surface area (Å²) in [5, 5.41) is 2.91. The highest BCUT2D eigenvalue weighted by molar-refractivity contribution is 9.10. The number of anilines is 1. The molecule has 4 nitrogen and oxygen atoms in total. The zero-order chi connectivity index (χ0) is 18.0. The number of amides is 2. The second-order valence-electron chi connectivity index (χ2n) is 6.16. The summed E-state index contributed by atoms with van der Waals surface area (Å²) in [7, 11) is 0. The first-order valence-corrected chi connectivity index (χ1v) is 8.85. The van der Waals surface area contributed by atoms with E-state index in [0.717, 1.165) is 15.7 Å². The molecule has 1 saturated heterocycles. The molecule has 0 spiro atoms. The zero-order valence-electron chi connectivity index (χ0n) is 13.7. The summed E-state index contributed by atoms with van der Waals surface area (Å²) in [4.78, 5) is 26.4. The molecule has 0 saturated carbocycles. The van der Waals surface area contributed by atoms with Crippen LogP contribution in [0.4, 0.5) is 10.1 Å². The summed E-state index contributed by atoms with van der Waals surface area (Å²) in [5.74, 6) is -0.922. The highest BCUT2D eigenvalue weighted by Gasteiger charge is 2.35. The molecule has 1 aliphatic heterocycles. The van der Waals surface area contributed by atoms with Crippen molar-refractivity contribution in [2.75, 3.05) is 11.4 Å². The van der Waals surface area contributed by atoms with Gasteiger partial charge in [-0.3, -0.25) is 9.59 Å². The number of carbonyl (C=O) groups excluding carboxylic acids is 2. The molecule has 2 amide bonds. The monoisotopic (exact) mass is 404 g/mol. The molecule has 2 aromatic rings. The topological polar surface area (TPSA) is 49.4 Å². The maximum Gasteiger partial charge on any atom is 0.227 e. The zero-order valence-corrected chi connectivity index (χ0v) is 15.3. The van der Waals surface area contributed by atoms with Crippen LogP contribution >= 0.6 is 15.9 Å². The van der Waals surface area contributed by atoms with Crippen molar-refractivity contribution in [2.45, 2.75) is 19.4 Å². The lowest BCUT2D eigenvalue weighted by atomic mass is 10.0. The summed E-state index contributed by atoms with van der Waals surface area (Å²) in [6.45, 7) is 2.21. The van der Waals surface area contributed by atoms with Gasteiger partial charge < -0.3 is 10.2 Å². The van der Waals surface area contributed by atoms with E-state index in [0.29, 0.717) is 6.54 Å². The lowest BCUT2D eigenvalue weighted by molar-refractivity contribution is -0.126. The fraction of sp³-hybridized carbons (Fsp3) is 0.263. The van der Waals surface area contributed by atoms with Gasteiger partial charge in [0.1, 0.15) is 5.82 Å². The first kappa shape index (κ1) is 17.6. The molecular formula is C19H18BrFN2O2. The van der Waals surface area contributed by atoms with Gasteiger partial charge in [0.15, 0.2) is 0 Å². The van der Waals surface area contributed by atoms with Gasteiger partial charge in [-0.05, 0) is 48.9 Å². The molecule has 1 heterocycles. The summed E-state index contributed by atoms with van der Waals surface area (Å²) >= 11 is 3.37. The fourth-order valence-electron chi connectivity index (χ4n) is 2.92. The van der Waals surface area contributed by atoms with Gasteiger partial charge in [-0.2, -0.15) is 0 Å². The van der Waals surface area contributed by atoms with E-state index in [1.165, 1.54) is 12.1 Å². The lowest BCUT2D eigenvalue weighted by Gasteiger charge is -2.19. The van der Waals surface area contributed by atoms with E-state index in [1.807, 2.05) is 31.2 Å². The standard InChI is InChI=1S/C19H18BrFN2O2/c1-12(13-2-6-16(21)7-3-13)22-19(25)14-10-18(24)23(11-14)17-8-4-15(20)5-9-17/h2-9,12,14H,10-11H2,1H3,(H,22,25). The Bertz CT molecular complexity index is 777. The molecule has 25 heavy (non-hydrogen) atoms. The number of hydrogen-bond donors (Lipinski definition) is 1. The van der Waals surface area contributed by atoms with Crippen LogP contribution < -0.4 is 10.2 Å². The molecule has 0 bridgehead atoms. The number of rotatable bonds is 4. The molecule has 130 valence electrons. The number of nitrogens with zero attached hydrogens (tertiary/aromatic N) is 1. The lowest BCUT2D eigenvalue weighted by Crippen LogP contribution is -2.34. The fourth-order valence-corrected chi connectivity index (χ4v) is 3.18. The van der Waals surface area contributed by atoms with E-state index >= 15 is 0 Å². The van der Waals surface area contributed by atoms with Crippen molar-refractivity contribution in [3.63, 3.8) is 0 Å². The largest absolute Gasteiger partial charge is 0.349 e.